The molecule has 4 unspecified atom stereocenters. The molecule has 2 fully saturated rings. The molecule has 1 saturated heterocycles. The summed E-state index contributed by atoms with van der Waals surface area (Å²) in [5.74, 6) is 0.955. The van der Waals surface area contributed by atoms with E-state index >= 15 is 0 Å². The standard InChI is InChI=1S/C14H28N2/c1-4-5-13-10-16(12(3)9-15-13)14-7-6-11(2)8-14/h11-15H,4-10H2,1-3H3. The van der Waals surface area contributed by atoms with Crippen LogP contribution in [0.15, 0.2) is 0 Å². The number of hydrogen-bond acceptors (Lipinski definition) is 2. The molecule has 0 aromatic carbocycles. The van der Waals surface area contributed by atoms with Crippen LogP contribution in [0.2, 0.25) is 0 Å². The van der Waals surface area contributed by atoms with Gasteiger partial charge in [0, 0.05) is 31.2 Å². The van der Waals surface area contributed by atoms with Gasteiger partial charge in [0.05, 0.1) is 0 Å². The van der Waals surface area contributed by atoms with Crippen molar-refractivity contribution in [3.63, 3.8) is 0 Å². The third-order valence-electron chi connectivity index (χ3n) is 4.47. The van der Waals surface area contributed by atoms with Crippen LogP contribution in [-0.4, -0.2) is 36.1 Å². The molecule has 1 aliphatic carbocycles. The van der Waals surface area contributed by atoms with Crippen molar-refractivity contribution < 1.29 is 0 Å². The smallest absolute Gasteiger partial charge is 0.0196 e. The second-order valence-corrected chi connectivity index (χ2v) is 6.01. The molecular formula is C14H28N2. The summed E-state index contributed by atoms with van der Waals surface area (Å²) in [5.41, 5.74) is 0. The van der Waals surface area contributed by atoms with Crippen LogP contribution in [-0.2, 0) is 0 Å². The molecule has 0 radical (unpaired) electrons. The van der Waals surface area contributed by atoms with E-state index in [1.165, 1.54) is 45.2 Å². The summed E-state index contributed by atoms with van der Waals surface area (Å²) in [5, 5.41) is 3.69. The lowest BCUT2D eigenvalue weighted by molar-refractivity contribution is 0.0888. The molecule has 0 spiro atoms. The Balaban J connectivity index is 1.90. The second kappa shape index (κ2) is 5.50. The normalized spacial score (nSPS) is 41.4. The van der Waals surface area contributed by atoms with E-state index in [1.807, 2.05) is 0 Å². The Morgan fingerprint density at radius 2 is 2.06 bits per heavy atom. The maximum absolute atomic E-state index is 3.69. The zero-order valence-electron chi connectivity index (χ0n) is 11.2. The van der Waals surface area contributed by atoms with Crippen molar-refractivity contribution in [3.05, 3.63) is 0 Å². The van der Waals surface area contributed by atoms with Gasteiger partial charge >= 0.3 is 0 Å². The van der Waals surface area contributed by atoms with Gasteiger partial charge in [-0.15, -0.1) is 0 Å². The van der Waals surface area contributed by atoms with Gasteiger partial charge in [-0.3, -0.25) is 4.90 Å². The van der Waals surface area contributed by atoms with Crippen molar-refractivity contribution in [2.45, 2.75) is 71.0 Å². The average Bonchev–Trinajstić information content (AvgIpc) is 2.68. The molecule has 1 heterocycles. The SMILES string of the molecule is CCCC1CN(C2CCC(C)C2)C(C)CN1. The van der Waals surface area contributed by atoms with E-state index in [9.17, 15) is 0 Å². The van der Waals surface area contributed by atoms with Gasteiger partial charge in [0.25, 0.3) is 0 Å². The first kappa shape index (κ1) is 12.4. The van der Waals surface area contributed by atoms with E-state index in [-0.39, 0.29) is 0 Å². The van der Waals surface area contributed by atoms with Gasteiger partial charge in [-0.1, -0.05) is 20.3 Å². The topological polar surface area (TPSA) is 15.3 Å². The molecule has 0 amide bonds. The van der Waals surface area contributed by atoms with Gasteiger partial charge < -0.3 is 5.32 Å². The summed E-state index contributed by atoms with van der Waals surface area (Å²) in [6.45, 7) is 9.57. The summed E-state index contributed by atoms with van der Waals surface area (Å²) in [4.78, 5) is 2.79. The highest BCUT2D eigenvalue weighted by Crippen LogP contribution is 2.31. The quantitative estimate of drug-likeness (QED) is 0.793. The lowest BCUT2D eigenvalue weighted by atomic mass is 10.0. The van der Waals surface area contributed by atoms with Crippen molar-refractivity contribution >= 4 is 0 Å². The van der Waals surface area contributed by atoms with Crippen molar-refractivity contribution in [1.29, 1.82) is 0 Å². The Kier molecular flexibility index (Phi) is 4.26. The number of hydrogen-bond donors (Lipinski definition) is 1. The zero-order valence-corrected chi connectivity index (χ0v) is 11.2. The summed E-state index contributed by atoms with van der Waals surface area (Å²) in [6, 6.07) is 2.37. The number of piperazine rings is 1. The number of rotatable bonds is 3. The Morgan fingerprint density at radius 3 is 2.69 bits per heavy atom. The first-order valence-electron chi connectivity index (χ1n) is 7.19. The van der Waals surface area contributed by atoms with Gasteiger partial charge in [0.15, 0.2) is 0 Å². The summed E-state index contributed by atoms with van der Waals surface area (Å²) < 4.78 is 0. The van der Waals surface area contributed by atoms with Gasteiger partial charge in [-0.25, -0.2) is 0 Å². The zero-order chi connectivity index (χ0) is 11.5. The first-order valence-corrected chi connectivity index (χ1v) is 7.19. The molecule has 2 heteroatoms. The third-order valence-corrected chi connectivity index (χ3v) is 4.47. The van der Waals surface area contributed by atoms with E-state index in [0.29, 0.717) is 0 Å². The maximum Gasteiger partial charge on any atom is 0.0196 e. The molecule has 2 rings (SSSR count). The minimum Gasteiger partial charge on any atom is -0.311 e. The van der Waals surface area contributed by atoms with Crippen LogP contribution < -0.4 is 5.32 Å². The lowest BCUT2D eigenvalue weighted by Crippen LogP contribution is -2.58. The molecule has 2 aliphatic rings. The first-order chi connectivity index (χ1) is 7.70. The molecule has 94 valence electrons. The molecule has 2 nitrogen and oxygen atoms in total. The van der Waals surface area contributed by atoms with E-state index in [4.69, 9.17) is 0 Å². The number of nitrogens with one attached hydrogen (secondary N) is 1. The Morgan fingerprint density at radius 1 is 1.25 bits per heavy atom. The van der Waals surface area contributed by atoms with Crippen molar-refractivity contribution in [2.24, 2.45) is 5.92 Å². The average molecular weight is 224 g/mol. The summed E-state index contributed by atoms with van der Waals surface area (Å²) in [6.07, 6.45) is 6.96. The van der Waals surface area contributed by atoms with E-state index in [1.54, 1.807) is 0 Å². The second-order valence-electron chi connectivity index (χ2n) is 6.01. The highest BCUT2D eigenvalue weighted by Gasteiger charge is 2.33. The van der Waals surface area contributed by atoms with E-state index in [0.717, 1.165) is 24.0 Å². The fraction of sp³-hybridized carbons (Fsp3) is 1.00. The van der Waals surface area contributed by atoms with Gasteiger partial charge in [0.2, 0.25) is 0 Å². The van der Waals surface area contributed by atoms with Crippen molar-refractivity contribution in [3.8, 4) is 0 Å². The van der Waals surface area contributed by atoms with Crippen LogP contribution in [0.1, 0.15) is 52.9 Å². The highest BCUT2D eigenvalue weighted by atomic mass is 15.3. The van der Waals surface area contributed by atoms with Crippen LogP contribution >= 0.6 is 0 Å². The molecule has 16 heavy (non-hydrogen) atoms. The molecular weight excluding hydrogens is 196 g/mol. The minimum atomic E-state index is 0.739. The predicted octanol–water partition coefficient (Wildman–Crippen LogP) is 2.64. The largest absolute Gasteiger partial charge is 0.311 e. The third kappa shape index (κ3) is 2.78. The molecule has 1 N–H and O–H groups in total. The monoisotopic (exact) mass is 224 g/mol. The maximum atomic E-state index is 3.69. The highest BCUT2D eigenvalue weighted by molar-refractivity contribution is 4.90. The van der Waals surface area contributed by atoms with Crippen LogP contribution in [0.5, 0.6) is 0 Å². The fourth-order valence-electron chi connectivity index (χ4n) is 3.48. The van der Waals surface area contributed by atoms with E-state index in [2.05, 4.69) is 31.0 Å². The Bertz CT molecular complexity index is 217. The van der Waals surface area contributed by atoms with Crippen molar-refractivity contribution in [1.82, 2.24) is 10.2 Å². The Hall–Kier alpha value is -0.0800. The van der Waals surface area contributed by atoms with Crippen LogP contribution in [0.4, 0.5) is 0 Å². The molecule has 0 bridgehead atoms. The van der Waals surface area contributed by atoms with Crippen molar-refractivity contribution in [2.75, 3.05) is 13.1 Å². The molecule has 1 saturated carbocycles. The summed E-state index contributed by atoms with van der Waals surface area (Å²) in [7, 11) is 0. The van der Waals surface area contributed by atoms with Gasteiger partial charge in [-0.05, 0) is 38.5 Å². The number of nitrogens with zero attached hydrogens (tertiary/aromatic N) is 1. The van der Waals surface area contributed by atoms with Crippen LogP contribution in [0, 0.1) is 5.92 Å². The summed E-state index contributed by atoms with van der Waals surface area (Å²) >= 11 is 0. The lowest BCUT2D eigenvalue weighted by Gasteiger charge is -2.42. The van der Waals surface area contributed by atoms with E-state index < -0.39 is 0 Å². The van der Waals surface area contributed by atoms with Crippen LogP contribution in [0.3, 0.4) is 0 Å². The van der Waals surface area contributed by atoms with Gasteiger partial charge in [-0.2, -0.15) is 0 Å². The minimum absolute atomic E-state index is 0.739. The molecule has 4 atom stereocenters. The molecule has 1 aliphatic heterocycles. The fourth-order valence-corrected chi connectivity index (χ4v) is 3.48. The van der Waals surface area contributed by atoms with Crippen LogP contribution in [0.25, 0.3) is 0 Å². The molecule has 0 aromatic heterocycles. The van der Waals surface area contributed by atoms with Gasteiger partial charge in [0.1, 0.15) is 0 Å². The predicted molar refractivity (Wildman–Crippen MR) is 69.7 cm³/mol. The Labute approximate surface area is 101 Å². The molecule has 0 aromatic rings.